The van der Waals surface area contributed by atoms with Gasteiger partial charge < -0.3 is 0 Å². The Hall–Kier alpha value is -0.580. The van der Waals surface area contributed by atoms with Gasteiger partial charge >= 0.3 is 0 Å². The highest BCUT2D eigenvalue weighted by Crippen LogP contribution is 2.32. The summed E-state index contributed by atoms with van der Waals surface area (Å²) in [7, 11) is -3.40. The van der Waals surface area contributed by atoms with E-state index in [0.29, 0.717) is 29.5 Å². The minimum Gasteiger partial charge on any atom is -0.207 e. The Morgan fingerprint density at radius 1 is 1.33 bits per heavy atom. The average Bonchev–Trinajstić information content (AvgIpc) is 3.19. The van der Waals surface area contributed by atoms with E-state index in [9.17, 15) is 8.42 Å². The molecule has 0 amide bonds. The molecule has 0 aromatic heterocycles. The first kappa shape index (κ1) is 13.8. The zero-order chi connectivity index (χ0) is 13.2. The largest absolute Gasteiger partial charge is 0.243 e. The predicted molar refractivity (Wildman–Crippen MR) is 73.2 cm³/mol. The van der Waals surface area contributed by atoms with Gasteiger partial charge in [0.15, 0.2) is 0 Å². The summed E-state index contributed by atoms with van der Waals surface area (Å²) in [5, 5.41) is 0. The molecule has 5 heteroatoms. The minimum absolute atomic E-state index is 0.219. The topological polar surface area (TPSA) is 37.4 Å². The number of hydrogen-bond donors (Lipinski definition) is 0. The van der Waals surface area contributed by atoms with Gasteiger partial charge in [0, 0.05) is 19.0 Å². The van der Waals surface area contributed by atoms with Gasteiger partial charge in [0.25, 0.3) is 0 Å². The second kappa shape index (κ2) is 5.59. The lowest BCUT2D eigenvalue weighted by atomic mass is 10.2. The van der Waals surface area contributed by atoms with Gasteiger partial charge in [-0.2, -0.15) is 4.31 Å². The molecule has 1 saturated carbocycles. The zero-order valence-corrected chi connectivity index (χ0v) is 12.0. The molecule has 100 valence electrons. The van der Waals surface area contributed by atoms with Crippen LogP contribution in [-0.4, -0.2) is 25.8 Å². The summed E-state index contributed by atoms with van der Waals surface area (Å²) in [4.78, 5) is 0.350. The Balaban J connectivity index is 2.32. The van der Waals surface area contributed by atoms with Gasteiger partial charge in [0.05, 0.1) is 4.90 Å². The van der Waals surface area contributed by atoms with E-state index >= 15 is 0 Å². The van der Waals surface area contributed by atoms with Crippen molar-refractivity contribution in [1.82, 2.24) is 4.31 Å². The first-order chi connectivity index (χ1) is 8.59. The van der Waals surface area contributed by atoms with E-state index in [1.165, 1.54) is 0 Å². The van der Waals surface area contributed by atoms with Crippen LogP contribution < -0.4 is 0 Å². The van der Waals surface area contributed by atoms with Crippen molar-refractivity contribution in [2.24, 2.45) is 5.92 Å². The molecule has 3 nitrogen and oxygen atoms in total. The monoisotopic (exact) mass is 287 g/mol. The molecule has 0 N–H and O–H groups in total. The fourth-order valence-electron chi connectivity index (χ4n) is 1.99. The molecule has 1 aliphatic rings. The van der Waals surface area contributed by atoms with E-state index in [-0.39, 0.29) is 5.88 Å². The van der Waals surface area contributed by atoms with Gasteiger partial charge in [-0.15, -0.1) is 11.6 Å². The SMILES string of the molecule is CCN(CC1CC1)S(=O)(=O)c1ccccc1CCl. The molecule has 0 heterocycles. The Morgan fingerprint density at radius 3 is 2.56 bits per heavy atom. The van der Waals surface area contributed by atoms with E-state index in [1.807, 2.05) is 13.0 Å². The second-order valence-corrected chi connectivity index (χ2v) is 6.81. The van der Waals surface area contributed by atoms with Crippen molar-refractivity contribution in [3.8, 4) is 0 Å². The Kier molecular flexibility index (Phi) is 4.30. The molecular weight excluding hydrogens is 270 g/mol. The molecule has 1 aromatic rings. The zero-order valence-electron chi connectivity index (χ0n) is 10.5. The predicted octanol–water partition coefficient (Wildman–Crippen LogP) is 2.85. The molecule has 2 rings (SSSR count). The van der Waals surface area contributed by atoms with Crippen LogP contribution in [0, 0.1) is 5.92 Å². The number of benzene rings is 1. The molecule has 0 saturated heterocycles. The van der Waals surface area contributed by atoms with Crippen molar-refractivity contribution in [3.63, 3.8) is 0 Å². The average molecular weight is 288 g/mol. The maximum atomic E-state index is 12.6. The van der Waals surface area contributed by atoms with Gasteiger partial charge in [0.2, 0.25) is 10.0 Å². The van der Waals surface area contributed by atoms with Gasteiger partial charge in [-0.1, -0.05) is 25.1 Å². The van der Waals surface area contributed by atoms with Gasteiger partial charge in [-0.3, -0.25) is 0 Å². The third-order valence-electron chi connectivity index (χ3n) is 3.25. The molecule has 0 aliphatic heterocycles. The molecule has 1 aromatic carbocycles. The third kappa shape index (κ3) is 2.87. The van der Waals surface area contributed by atoms with Crippen molar-refractivity contribution >= 4 is 21.6 Å². The molecule has 0 radical (unpaired) electrons. The van der Waals surface area contributed by atoms with Crippen LogP contribution in [-0.2, 0) is 15.9 Å². The third-order valence-corrected chi connectivity index (χ3v) is 5.57. The Morgan fingerprint density at radius 2 is 2.00 bits per heavy atom. The molecule has 1 aliphatic carbocycles. The minimum atomic E-state index is -3.40. The summed E-state index contributed by atoms with van der Waals surface area (Å²) in [6.45, 7) is 3.02. The highest BCUT2D eigenvalue weighted by molar-refractivity contribution is 7.89. The van der Waals surface area contributed by atoms with Crippen molar-refractivity contribution < 1.29 is 8.42 Å². The second-order valence-electron chi connectivity index (χ2n) is 4.64. The fraction of sp³-hybridized carbons (Fsp3) is 0.538. The summed E-state index contributed by atoms with van der Waals surface area (Å²) in [5.41, 5.74) is 0.674. The highest BCUT2D eigenvalue weighted by Gasteiger charge is 2.31. The summed E-state index contributed by atoms with van der Waals surface area (Å²) in [5.74, 6) is 0.763. The molecular formula is C13H18ClNO2S. The number of halogens is 1. The van der Waals surface area contributed by atoms with Crippen molar-refractivity contribution in [2.75, 3.05) is 13.1 Å². The van der Waals surface area contributed by atoms with E-state index < -0.39 is 10.0 Å². The lowest BCUT2D eigenvalue weighted by Gasteiger charge is -2.21. The standard InChI is InChI=1S/C13H18ClNO2S/c1-2-15(10-11-7-8-11)18(16,17)13-6-4-3-5-12(13)9-14/h3-6,11H,2,7-10H2,1H3. The fourth-order valence-corrected chi connectivity index (χ4v) is 4.05. The molecule has 0 atom stereocenters. The number of sulfonamides is 1. The van der Waals surface area contributed by atoms with Gasteiger partial charge in [-0.25, -0.2) is 8.42 Å². The summed E-state index contributed by atoms with van der Waals surface area (Å²) >= 11 is 5.82. The van der Waals surface area contributed by atoms with E-state index in [2.05, 4.69) is 0 Å². The van der Waals surface area contributed by atoms with Crippen molar-refractivity contribution in [3.05, 3.63) is 29.8 Å². The lowest BCUT2D eigenvalue weighted by Crippen LogP contribution is -2.33. The summed E-state index contributed by atoms with van der Waals surface area (Å²) in [6, 6.07) is 6.97. The van der Waals surface area contributed by atoms with Crippen LogP contribution >= 0.6 is 11.6 Å². The first-order valence-electron chi connectivity index (χ1n) is 6.23. The molecule has 1 fully saturated rings. The van der Waals surface area contributed by atoms with Crippen LogP contribution in [0.2, 0.25) is 0 Å². The molecule has 18 heavy (non-hydrogen) atoms. The summed E-state index contributed by atoms with van der Waals surface area (Å²) < 4.78 is 26.7. The van der Waals surface area contributed by atoms with Crippen LogP contribution in [0.25, 0.3) is 0 Å². The van der Waals surface area contributed by atoms with Crippen LogP contribution in [0.1, 0.15) is 25.3 Å². The quantitative estimate of drug-likeness (QED) is 0.755. The van der Waals surface area contributed by atoms with E-state index in [4.69, 9.17) is 11.6 Å². The number of hydrogen-bond acceptors (Lipinski definition) is 2. The number of nitrogens with zero attached hydrogens (tertiary/aromatic N) is 1. The van der Waals surface area contributed by atoms with E-state index in [1.54, 1.807) is 22.5 Å². The Bertz CT molecular complexity index is 511. The lowest BCUT2D eigenvalue weighted by molar-refractivity contribution is 0.411. The first-order valence-corrected chi connectivity index (χ1v) is 8.21. The highest BCUT2D eigenvalue weighted by atomic mass is 35.5. The van der Waals surface area contributed by atoms with E-state index in [0.717, 1.165) is 12.8 Å². The smallest absolute Gasteiger partial charge is 0.207 e. The van der Waals surface area contributed by atoms with Crippen LogP contribution in [0.3, 0.4) is 0 Å². The number of rotatable bonds is 6. The van der Waals surface area contributed by atoms with Crippen molar-refractivity contribution in [2.45, 2.75) is 30.5 Å². The van der Waals surface area contributed by atoms with Crippen LogP contribution in [0.15, 0.2) is 29.2 Å². The van der Waals surface area contributed by atoms with Crippen molar-refractivity contribution in [1.29, 1.82) is 0 Å². The van der Waals surface area contributed by atoms with Gasteiger partial charge in [0.1, 0.15) is 0 Å². The van der Waals surface area contributed by atoms with Gasteiger partial charge in [-0.05, 0) is 30.4 Å². The van der Waals surface area contributed by atoms with Crippen LogP contribution in [0.5, 0.6) is 0 Å². The molecule has 0 bridgehead atoms. The molecule has 0 unspecified atom stereocenters. The molecule has 0 spiro atoms. The normalized spacial score (nSPS) is 16.2. The maximum Gasteiger partial charge on any atom is 0.243 e. The Labute approximate surface area is 114 Å². The number of alkyl halides is 1. The van der Waals surface area contributed by atoms with Crippen LogP contribution in [0.4, 0.5) is 0 Å². The maximum absolute atomic E-state index is 12.6. The summed E-state index contributed by atoms with van der Waals surface area (Å²) in [6.07, 6.45) is 2.28.